The Morgan fingerprint density at radius 3 is 2.50 bits per heavy atom. The maximum absolute atomic E-state index is 11.7. The first kappa shape index (κ1) is 18.5. The van der Waals surface area contributed by atoms with E-state index in [1.165, 1.54) is 18.4 Å². The molecule has 4 heteroatoms. The van der Waals surface area contributed by atoms with Gasteiger partial charge >= 0.3 is 5.97 Å². The lowest BCUT2D eigenvalue weighted by Gasteiger charge is -2.20. The molecule has 1 aromatic heterocycles. The van der Waals surface area contributed by atoms with Gasteiger partial charge in [-0.2, -0.15) is 0 Å². The van der Waals surface area contributed by atoms with E-state index in [1.54, 1.807) is 0 Å². The Morgan fingerprint density at radius 2 is 1.83 bits per heavy atom. The molecule has 0 unspecified atom stereocenters. The molecule has 0 saturated carbocycles. The first-order chi connectivity index (χ1) is 11.7. The Bertz CT molecular complexity index is 642. The fourth-order valence-electron chi connectivity index (χ4n) is 3.06. The van der Waals surface area contributed by atoms with E-state index in [1.807, 2.05) is 25.1 Å². The summed E-state index contributed by atoms with van der Waals surface area (Å²) in [5, 5.41) is 1.16. The van der Waals surface area contributed by atoms with Crippen molar-refractivity contribution in [2.45, 2.75) is 52.9 Å². The third-order valence-electron chi connectivity index (χ3n) is 4.20. The van der Waals surface area contributed by atoms with E-state index in [0.717, 1.165) is 43.4 Å². The van der Waals surface area contributed by atoms with Crippen molar-refractivity contribution in [2.75, 3.05) is 19.6 Å². The number of nitrogens with zero attached hydrogens (tertiary/aromatic N) is 1. The van der Waals surface area contributed by atoms with Gasteiger partial charge < -0.3 is 14.6 Å². The number of nitrogens with one attached hydrogen (secondary N) is 1. The summed E-state index contributed by atoms with van der Waals surface area (Å²) in [4.78, 5) is 17.5. The Kier molecular flexibility index (Phi) is 7.32. The molecule has 0 bridgehead atoms. The molecule has 0 spiro atoms. The van der Waals surface area contributed by atoms with E-state index < -0.39 is 0 Å². The number of carbonyl (C=O) groups excluding carboxylic acids is 1. The van der Waals surface area contributed by atoms with Gasteiger partial charge in [-0.25, -0.2) is 0 Å². The van der Waals surface area contributed by atoms with Gasteiger partial charge in [-0.1, -0.05) is 20.8 Å². The number of rotatable bonds is 10. The third kappa shape index (κ3) is 5.10. The first-order valence-electron chi connectivity index (χ1n) is 9.20. The van der Waals surface area contributed by atoms with Crippen LogP contribution in [-0.4, -0.2) is 35.5 Å². The maximum Gasteiger partial charge on any atom is 0.311 e. The molecule has 1 N–H and O–H groups in total. The number of hydrogen-bond donors (Lipinski definition) is 1. The summed E-state index contributed by atoms with van der Waals surface area (Å²) in [5.41, 5.74) is 2.38. The van der Waals surface area contributed by atoms with Crippen molar-refractivity contribution in [1.29, 1.82) is 0 Å². The smallest absolute Gasteiger partial charge is 0.311 e. The second-order valence-electron chi connectivity index (χ2n) is 6.34. The van der Waals surface area contributed by atoms with Crippen molar-refractivity contribution in [3.63, 3.8) is 0 Å². The van der Waals surface area contributed by atoms with Gasteiger partial charge in [-0.15, -0.1) is 0 Å². The molecule has 4 nitrogen and oxygen atoms in total. The average molecular weight is 330 g/mol. The zero-order valence-corrected chi connectivity index (χ0v) is 15.2. The van der Waals surface area contributed by atoms with E-state index in [9.17, 15) is 4.79 Å². The highest BCUT2D eigenvalue weighted by molar-refractivity contribution is 5.85. The van der Waals surface area contributed by atoms with Crippen LogP contribution in [0.2, 0.25) is 0 Å². The molecule has 0 fully saturated rings. The van der Waals surface area contributed by atoms with Crippen LogP contribution >= 0.6 is 0 Å². The topological polar surface area (TPSA) is 45.3 Å². The van der Waals surface area contributed by atoms with Gasteiger partial charge in [0, 0.05) is 30.1 Å². The van der Waals surface area contributed by atoms with Crippen LogP contribution in [-0.2, 0) is 11.2 Å². The lowest BCUT2D eigenvalue weighted by molar-refractivity contribution is -0.134. The van der Waals surface area contributed by atoms with Gasteiger partial charge in [0.1, 0.15) is 5.75 Å². The number of esters is 1. The molecule has 24 heavy (non-hydrogen) atoms. The monoisotopic (exact) mass is 330 g/mol. The van der Waals surface area contributed by atoms with Gasteiger partial charge in [0.25, 0.3) is 0 Å². The van der Waals surface area contributed by atoms with Gasteiger partial charge in [-0.3, -0.25) is 4.79 Å². The normalized spacial score (nSPS) is 11.3. The van der Waals surface area contributed by atoms with Gasteiger partial charge in [0.2, 0.25) is 0 Å². The lowest BCUT2D eigenvalue weighted by atomic mass is 10.1. The van der Waals surface area contributed by atoms with Crippen LogP contribution in [0.15, 0.2) is 24.4 Å². The summed E-state index contributed by atoms with van der Waals surface area (Å²) >= 11 is 0. The molecular formula is C20H30N2O2. The van der Waals surface area contributed by atoms with E-state index in [2.05, 4.69) is 29.9 Å². The zero-order valence-electron chi connectivity index (χ0n) is 15.2. The summed E-state index contributed by atoms with van der Waals surface area (Å²) in [6.45, 7) is 9.80. The second-order valence-corrected chi connectivity index (χ2v) is 6.34. The fraction of sp³-hybridized carbons (Fsp3) is 0.550. The lowest BCUT2D eigenvalue weighted by Crippen LogP contribution is -2.27. The summed E-state index contributed by atoms with van der Waals surface area (Å²) in [7, 11) is 0. The Hall–Kier alpha value is -1.81. The Labute approximate surface area is 145 Å². The fourth-order valence-corrected chi connectivity index (χ4v) is 3.06. The molecule has 0 radical (unpaired) electrons. The summed E-state index contributed by atoms with van der Waals surface area (Å²) < 4.78 is 5.43. The van der Waals surface area contributed by atoms with Crippen molar-refractivity contribution in [2.24, 2.45) is 0 Å². The molecule has 0 aliphatic carbocycles. The first-order valence-corrected chi connectivity index (χ1v) is 9.20. The molecule has 1 heterocycles. The Morgan fingerprint density at radius 1 is 1.08 bits per heavy atom. The van der Waals surface area contributed by atoms with Crippen LogP contribution in [0.3, 0.4) is 0 Å². The second kappa shape index (κ2) is 9.48. The molecule has 0 aliphatic rings. The number of aromatic nitrogens is 1. The van der Waals surface area contributed by atoms with Gasteiger partial charge in [-0.05, 0) is 62.5 Å². The van der Waals surface area contributed by atoms with Crippen molar-refractivity contribution in [1.82, 2.24) is 9.88 Å². The van der Waals surface area contributed by atoms with Crippen molar-refractivity contribution < 1.29 is 9.53 Å². The molecule has 132 valence electrons. The molecule has 2 rings (SSSR count). The van der Waals surface area contributed by atoms with Crippen LogP contribution < -0.4 is 4.74 Å². The number of fused-ring (bicyclic) bond motifs is 1. The molecule has 0 atom stereocenters. The van der Waals surface area contributed by atoms with Gasteiger partial charge in [0.15, 0.2) is 0 Å². The average Bonchev–Trinajstić information content (AvgIpc) is 2.95. The van der Waals surface area contributed by atoms with E-state index in [0.29, 0.717) is 12.2 Å². The van der Waals surface area contributed by atoms with Crippen molar-refractivity contribution in [3.05, 3.63) is 30.0 Å². The standard InChI is InChI=1S/C20H30N2O2/c1-4-7-20(23)24-17-8-9-19-18(14-17)16(15-21-19)10-13-22(11-5-2)12-6-3/h8-9,14-15,21H,4-7,10-13H2,1-3H3. The van der Waals surface area contributed by atoms with Crippen molar-refractivity contribution in [3.8, 4) is 5.75 Å². The predicted octanol–water partition coefficient (Wildman–Crippen LogP) is 4.54. The van der Waals surface area contributed by atoms with Crippen LogP contribution in [0.1, 0.15) is 52.0 Å². The molecule has 0 aliphatic heterocycles. The molecular weight excluding hydrogens is 300 g/mol. The highest BCUT2D eigenvalue weighted by Gasteiger charge is 2.10. The Balaban J connectivity index is 2.08. The van der Waals surface area contributed by atoms with E-state index in [4.69, 9.17) is 4.74 Å². The maximum atomic E-state index is 11.7. The summed E-state index contributed by atoms with van der Waals surface area (Å²) in [5.74, 6) is 0.478. The van der Waals surface area contributed by atoms with Crippen LogP contribution in [0.25, 0.3) is 10.9 Å². The molecule has 1 aromatic carbocycles. The summed E-state index contributed by atoms with van der Waals surface area (Å²) in [6, 6.07) is 5.83. The quantitative estimate of drug-likeness (QED) is 0.514. The largest absolute Gasteiger partial charge is 0.427 e. The number of hydrogen-bond acceptors (Lipinski definition) is 3. The highest BCUT2D eigenvalue weighted by Crippen LogP contribution is 2.24. The van der Waals surface area contributed by atoms with Crippen molar-refractivity contribution >= 4 is 16.9 Å². The minimum atomic E-state index is -0.161. The number of ether oxygens (including phenoxy) is 1. The van der Waals surface area contributed by atoms with Crippen LogP contribution in [0.4, 0.5) is 0 Å². The third-order valence-corrected chi connectivity index (χ3v) is 4.20. The molecule has 0 saturated heterocycles. The number of H-pyrrole nitrogens is 1. The molecule has 2 aromatic rings. The SMILES string of the molecule is CCCC(=O)Oc1ccc2[nH]cc(CCN(CCC)CCC)c2c1. The van der Waals surface area contributed by atoms with Gasteiger partial charge in [0.05, 0.1) is 0 Å². The number of benzene rings is 1. The van der Waals surface area contributed by atoms with Crippen LogP contribution in [0, 0.1) is 0 Å². The number of aromatic amines is 1. The highest BCUT2D eigenvalue weighted by atomic mass is 16.5. The molecule has 0 amide bonds. The van der Waals surface area contributed by atoms with Crippen LogP contribution in [0.5, 0.6) is 5.75 Å². The summed E-state index contributed by atoms with van der Waals surface area (Å²) in [6.07, 6.45) is 6.73. The minimum Gasteiger partial charge on any atom is -0.427 e. The minimum absolute atomic E-state index is 0.161. The number of carbonyl (C=O) groups is 1. The van der Waals surface area contributed by atoms with E-state index >= 15 is 0 Å². The predicted molar refractivity (Wildman–Crippen MR) is 99.6 cm³/mol. The van der Waals surface area contributed by atoms with E-state index in [-0.39, 0.29) is 5.97 Å². The zero-order chi connectivity index (χ0) is 17.4.